The average Bonchev–Trinajstić information content (AvgIpc) is 2.94. The lowest BCUT2D eigenvalue weighted by Gasteiger charge is -2.05. The van der Waals surface area contributed by atoms with Crippen LogP contribution >= 0.6 is 46.7 Å². The highest BCUT2D eigenvalue weighted by Gasteiger charge is 2.03. The number of thiol groups is 2. The largest absolute Gasteiger partial charge is 0.366 e. The number of aryl methyl sites for hydroxylation is 1. The van der Waals surface area contributed by atoms with E-state index in [4.69, 9.17) is 11.6 Å². The van der Waals surface area contributed by atoms with Gasteiger partial charge in [0.1, 0.15) is 11.0 Å². The molecule has 0 saturated carbocycles. The molecule has 0 aromatic carbocycles. The monoisotopic (exact) mass is 365 g/mol. The standard InChI is InChI=1S/C10H12ClN5S.C2H6.H2S2/c1-16-6-7(5-13-16)4-12-9-3-8(11)14-10(15-9)17-2;2*1-2/h3,5-6H,4H2,1-2H3,(H,12,14,15);1-2H3;1-2H. The lowest BCUT2D eigenvalue weighted by Crippen LogP contribution is -2.02. The second-order valence-corrected chi connectivity index (χ2v) is 4.60. The van der Waals surface area contributed by atoms with Crippen molar-refractivity contribution in [2.45, 2.75) is 25.5 Å². The number of thioether (sulfide) groups is 1. The summed E-state index contributed by atoms with van der Waals surface area (Å²) in [6.45, 7) is 4.66. The van der Waals surface area contributed by atoms with Gasteiger partial charge in [0.15, 0.2) is 5.16 Å². The first kappa shape index (κ1) is 20.4. The second-order valence-electron chi connectivity index (χ2n) is 3.44. The van der Waals surface area contributed by atoms with Gasteiger partial charge >= 0.3 is 0 Å². The Hall–Kier alpha value is -0.570. The van der Waals surface area contributed by atoms with Crippen LogP contribution in [0.2, 0.25) is 5.15 Å². The van der Waals surface area contributed by atoms with Crippen molar-refractivity contribution in [2.24, 2.45) is 7.05 Å². The molecule has 9 heteroatoms. The molecular formula is C12H20ClN5S3. The molecule has 118 valence electrons. The fraction of sp³-hybridized carbons (Fsp3) is 0.417. The summed E-state index contributed by atoms with van der Waals surface area (Å²) < 4.78 is 1.76. The Morgan fingerprint density at radius 3 is 2.52 bits per heavy atom. The summed E-state index contributed by atoms with van der Waals surface area (Å²) in [7, 11) is 1.89. The molecule has 0 saturated heterocycles. The molecule has 1 N–H and O–H groups in total. The van der Waals surface area contributed by atoms with Crippen molar-refractivity contribution < 1.29 is 0 Å². The highest BCUT2D eigenvalue weighted by atomic mass is 35.5. The van der Waals surface area contributed by atoms with Gasteiger partial charge in [-0.05, 0) is 6.26 Å². The zero-order valence-electron chi connectivity index (χ0n) is 12.4. The van der Waals surface area contributed by atoms with Crippen molar-refractivity contribution >= 4 is 52.5 Å². The van der Waals surface area contributed by atoms with Crippen molar-refractivity contribution in [3.8, 4) is 0 Å². The molecule has 0 aliphatic carbocycles. The number of nitrogens with one attached hydrogen (secondary N) is 1. The Morgan fingerprint density at radius 1 is 1.33 bits per heavy atom. The highest BCUT2D eigenvalue weighted by molar-refractivity contribution is 8.59. The summed E-state index contributed by atoms with van der Waals surface area (Å²) in [5, 5.41) is 8.38. The molecule has 0 spiro atoms. The third kappa shape index (κ3) is 7.85. The Balaban J connectivity index is 0.000000921. The van der Waals surface area contributed by atoms with Crippen LogP contribution in [0.25, 0.3) is 0 Å². The smallest absolute Gasteiger partial charge is 0.190 e. The quantitative estimate of drug-likeness (QED) is 0.251. The predicted molar refractivity (Wildman–Crippen MR) is 98.7 cm³/mol. The first-order valence-corrected chi connectivity index (χ1v) is 9.37. The van der Waals surface area contributed by atoms with Crippen LogP contribution in [0.4, 0.5) is 5.82 Å². The number of hydrogen-bond acceptors (Lipinski definition) is 7. The molecule has 2 aromatic rings. The van der Waals surface area contributed by atoms with Crippen molar-refractivity contribution in [3.63, 3.8) is 0 Å². The maximum absolute atomic E-state index is 5.89. The molecule has 2 aromatic heterocycles. The van der Waals surface area contributed by atoms with E-state index in [0.717, 1.165) is 11.4 Å². The molecule has 0 fully saturated rings. The molecule has 2 heterocycles. The van der Waals surface area contributed by atoms with Gasteiger partial charge in [-0.2, -0.15) is 5.10 Å². The van der Waals surface area contributed by atoms with Crippen LogP contribution in [-0.4, -0.2) is 26.0 Å². The Kier molecular flexibility index (Phi) is 11.7. The molecule has 0 amide bonds. The van der Waals surface area contributed by atoms with E-state index >= 15 is 0 Å². The van der Waals surface area contributed by atoms with Gasteiger partial charge < -0.3 is 5.32 Å². The van der Waals surface area contributed by atoms with Gasteiger partial charge in [-0.25, -0.2) is 9.97 Å². The Morgan fingerprint density at radius 2 is 2.00 bits per heavy atom. The van der Waals surface area contributed by atoms with Crippen LogP contribution in [-0.2, 0) is 13.6 Å². The molecule has 0 aliphatic heterocycles. The maximum atomic E-state index is 5.89. The van der Waals surface area contributed by atoms with E-state index in [1.54, 1.807) is 10.7 Å². The van der Waals surface area contributed by atoms with Gasteiger partial charge in [-0.15, -0.1) is 23.3 Å². The van der Waals surface area contributed by atoms with Gasteiger partial charge in [0, 0.05) is 31.4 Å². The minimum atomic E-state index is 0.443. The van der Waals surface area contributed by atoms with Gasteiger partial charge in [-0.1, -0.05) is 37.2 Å². The fourth-order valence-electron chi connectivity index (χ4n) is 1.33. The van der Waals surface area contributed by atoms with Crippen LogP contribution in [0, 0.1) is 0 Å². The van der Waals surface area contributed by atoms with E-state index in [1.165, 1.54) is 11.8 Å². The van der Waals surface area contributed by atoms with Crippen LogP contribution in [0.3, 0.4) is 0 Å². The van der Waals surface area contributed by atoms with Crippen molar-refractivity contribution in [3.05, 3.63) is 29.2 Å². The zero-order chi connectivity index (χ0) is 16.3. The van der Waals surface area contributed by atoms with Crippen molar-refractivity contribution in [2.75, 3.05) is 11.6 Å². The lowest BCUT2D eigenvalue weighted by molar-refractivity contribution is 0.767. The minimum Gasteiger partial charge on any atom is -0.366 e. The third-order valence-electron chi connectivity index (χ3n) is 2.09. The van der Waals surface area contributed by atoms with Gasteiger partial charge in [0.25, 0.3) is 0 Å². The molecule has 2 rings (SSSR count). The number of hydrogen-bond donors (Lipinski definition) is 3. The molecule has 5 nitrogen and oxygen atoms in total. The summed E-state index contributed by atoms with van der Waals surface area (Å²) >= 11 is 13.8. The summed E-state index contributed by atoms with van der Waals surface area (Å²) in [5.74, 6) is 0.721. The number of nitrogens with zero attached hydrogens (tertiary/aromatic N) is 4. The van der Waals surface area contributed by atoms with E-state index in [2.05, 4.69) is 43.7 Å². The molecule has 0 atom stereocenters. The van der Waals surface area contributed by atoms with Gasteiger partial charge in [0.2, 0.25) is 0 Å². The zero-order valence-corrected chi connectivity index (χ0v) is 15.8. The van der Waals surface area contributed by atoms with Gasteiger partial charge in [0.05, 0.1) is 6.20 Å². The third-order valence-corrected chi connectivity index (χ3v) is 2.83. The fourth-order valence-corrected chi connectivity index (χ4v) is 1.95. The van der Waals surface area contributed by atoms with Crippen molar-refractivity contribution in [1.82, 2.24) is 19.7 Å². The molecule has 0 bridgehead atoms. The predicted octanol–water partition coefficient (Wildman–Crippen LogP) is 3.98. The first-order chi connectivity index (χ1) is 10.2. The maximum Gasteiger partial charge on any atom is 0.190 e. The minimum absolute atomic E-state index is 0.443. The molecule has 0 radical (unpaired) electrons. The summed E-state index contributed by atoms with van der Waals surface area (Å²) in [6.07, 6.45) is 5.67. The Bertz CT molecular complexity index is 521. The van der Waals surface area contributed by atoms with E-state index < -0.39 is 0 Å². The number of aromatic nitrogens is 4. The molecule has 0 unspecified atom stereocenters. The number of halogens is 1. The van der Waals surface area contributed by atoms with E-state index in [-0.39, 0.29) is 0 Å². The topological polar surface area (TPSA) is 55.6 Å². The summed E-state index contributed by atoms with van der Waals surface area (Å²) in [5.41, 5.74) is 1.09. The number of rotatable bonds is 4. The molecule has 0 aliphatic rings. The van der Waals surface area contributed by atoms with E-state index in [9.17, 15) is 0 Å². The second kappa shape index (κ2) is 12.0. The molecule has 21 heavy (non-hydrogen) atoms. The highest BCUT2D eigenvalue weighted by Crippen LogP contribution is 2.17. The van der Waals surface area contributed by atoms with E-state index in [0.29, 0.717) is 16.9 Å². The lowest BCUT2D eigenvalue weighted by atomic mass is 10.3. The van der Waals surface area contributed by atoms with Crippen LogP contribution < -0.4 is 5.32 Å². The Labute approximate surface area is 145 Å². The van der Waals surface area contributed by atoms with Crippen LogP contribution in [0.15, 0.2) is 23.6 Å². The SMILES string of the molecule is CC.CSc1nc(Cl)cc(NCc2cnn(C)c2)n1.SS. The van der Waals surface area contributed by atoms with Crippen molar-refractivity contribution in [1.29, 1.82) is 0 Å². The first-order valence-electron chi connectivity index (χ1n) is 6.17. The van der Waals surface area contributed by atoms with Gasteiger partial charge in [-0.3, -0.25) is 4.68 Å². The van der Waals surface area contributed by atoms with Crippen LogP contribution in [0.1, 0.15) is 19.4 Å². The number of anilines is 1. The normalized spacial score (nSPS) is 9.10. The summed E-state index contributed by atoms with van der Waals surface area (Å²) in [4.78, 5) is 8.38. The van der Waals surface area contributed by atoms with E-state index in [1.807, 2.05) is 39.5 Å². The van der Waals surface area contributed by atoms with Crippen LogP contribution in [0.5, 0.6) is 0 Å². The molecular weight excluding hydrogens is 346 g/mol. The summed E-state index contributed by atoms with van der Waals surface area (Å²) in [6, 6.07) is 1.71. The average molecular weight is 366 g/mol.